The van der Waals surface area contributed by atoms with E-state index in [4.69, 9.17) is 4.74 Å². The van der Waals surface area contributed by atoms with Gasteiger partial charge >= 0.3 is 0 Å². The fourth-order valence-corrected chi connectivity index (χ4v) is 3.15. The van der Waals surface area contributed by atoms with E-state index in [-0.39, 0.29) is 0 Å². The molecule has 2 aliphatic rings. The fraction of sp³-hybridized carbons (Fsp3) is 1.00. The highest BCUT2D eigenvalue weighted by Gasteiger charge is 2.42. The Hall–Kier alpha value is 0.690. The maximum atomic E-state index is 5.65. The van der Waals surface area contributed by atoms with E-state index in [9.17, 15) is 0 Å². The standard InChI is InChI=1S/C8H13IO/c9-8-4-2-1-3-7(8)10-6-5-8/h7H,1-6H2/t7-,8-/m0/s1. The number of alkyl halides is 1. The monoisotopic (exact) mass is 252 g/mol. The Kier molecular flexibility index (Phi) is 1.93. The van der Waals surface area contributed by atoms with Gasteiger partial charge in [0.15, 0.2) is 0 Å². The maximum absolute atomic E-state index is 5.65. The molecule has 1 aliphatic carbocycles. The first-order valence-electron chi connectivity index (χ1n) is 4.12. The highest BCUT2D eigenvalue weighted by molar-refractivity contribution is 14.1. The molecule has 58 valence electrons. The molecule has 0 aromatic rings. The number of fused-ring (bicyclic) bond motifs is 1. The van der Waals surface area contributed by atoms with Gasteiger partial charge in [-0.25, -0.2) is 0 Å². The lowest BCUT2D eigenvalue weighted by molar-refractivity contribution is 0.0794. The Labute approximate surface area is 75.7 Å². The predicted molar refractivity (Wildman–Crippen MR) is 49.6 cm³/mol. The fourth-order valence-electron chi connectivity index (χ4n) is 2.06. The topological polar surface area (TPSA) is 9.23 Å². The van der Waals surface area contributed by atoms with Crippen LogP contribution in [0.3, 0.4) is 0 Å². The van der Waals surface area contributed by atoms with Crippen molar-refractivity contribution < 1.29 is 4.74 Å². The van der Waals surface area contributed by atoms with Gasteiger partial charge in [0.2, 0.25) is 0 Å². The van der Waals surface area contributed by atoms with E-state index in [0.717, 1.165) is 6.61 Å². The minimum absolute atomic E-state index is 0.538. The zero-order valence-electron chi connectivity index (χ0n) is 6.11. The number of ether oxygens (including phenoxy) is 1. The minimum atomic E-state index is 0.538. The first-order chi connectivity index (χ1) is 4.81. The van der Waals surface area contributed by atoms with E-state index in [0.29, 0.717) is 9.53 Å². The van der Waals surface area contributed by atoms with Gasteiger partial charge in [-0.05, 0) is 19.3 Å². The average molecular weight is 252 g/mol. The van der Waals surface area contributed by atoms with Crippen molar-refractivity contribution in [3.8, 4) is 0 Å². The van der Waals surface area contributed by atoms with Gasteiger partial charge in [-0.3, -0.25) is 0 Å². The van der Waals surface area contributed by atoms with E-state index in [2.05, 4.69) is 22.6 Å². The van der Waals surface area contributed by atoms with Gasteiger partial charge in [0.25, 0.3) is 0 Å². The SMILES string of the molecule is I[C@]12CCCC[C@@H]1OCC2. The smallest absolute Gasteiger partial charge is 0.0721 e. The maximum Gasteiger partial charge on any atom is 0.0721 e. The van der Waals surface area contributed by atoms with Crippen LogP contribution in [0.15, 0.2) is 0 Å². The van der Waals surface area contributed by atoms with Crippen LogP contribution in [-0.4, -0.2) is 16.1 Å². The van der Waals surface area contributed by atoms with E-state index < -0.39 is 0 Å². The van der Waals surface area contributed by atoms with Gasteiger partial charge in [-0.15, -0.1) is 0 Å². The number of hydrogen-bond acceptors (Lipinski definition) is 1. The summed E-state index contributed by atoms with van der Waals surface area (Å²) in [6, 6.07) is 0. The second-order valence-corrected chi connectivity index (χ2v) is 5.54. The summed E-state index contributed by atoms with van der Waals surface area (Å²) in [6.07, 6.45) is 7.39. The first-order valence-corrected chi connectivity index (χ1v) is 5.20. The Balaban J connectivity index is 2.10. The first kappa shape index (κ1) is 7.35. The van der Waals surface area contributed by atoms with Crippen molar-refractivity contribution in [2.24, 2.45) is 0 Å². The third-order valence-corrected chi connectivity index (χ3v) is 4.50. The summed E-state index contributed by atoms with van der Waals surface area (Å²) in [4.78, 5) is 0. The van der Waals surface area contributed by atoms with Gasteiger partial charge < -0.3 is 4.74 Å². The number of rotatable bonds is 0. The van der Waals surface area contributed by atoms with E-state index in [1.165, 1.54) is 32.1 Å². The summed E-state index contributed by atoms with van der Waals surface area (Å²) in [6.45, 7) is 1.01. The van der Waals surface area contributed by atoms with Crippen molar-refractivity contribution in [3.63, 3.8) is 0 Å². The lowest BCUT2D eigenvalue weighted by Gasteiger charge is -2.32. The second kappa shape index (κ2) is 2.63. The molecule has 2 heteroatoms. The average Bonchev–Trinajstić information content (AvgIpc) is 2.29. The van der Waals surface area contributed by atoms with Crippen molar-refractivity contribution >= 4 is 22.6 Å². The quantitative estimate of drug-likeness (QED) is 0.475. The van der Waals surface area contributed by atoms with Gasteiger partial charge in [0.05, 0.1) is 9.53 Å². The predicted octanol–water partition coefficient (Wildman–Crippen LogP) is 2.52. The summed E-state index contributed by atoms with van der Waals surface area (Å²) in [5, 5.41) is 0. The van der Waals surface area contributed by atoms with Crippen LogP contribution >= 0.6 is 22.6 Å². The molecular formula is C8H13IO. The molecule has 2 fully saturated rings. The molecule has 0 radical (unpaired) electrons. The molecule has 1 saturated carbocycles. The van der Waals surface area contributed by atoms with Crippen LogP contribution in [0.25, 0.3) is 0 Å². The number of hydrogen-bond donors (Lipinski definition) is 0. The molecule has 0 N–H and O–H groups in total. The lowest BCUT2D eigenvalue weighted by atomic mass is 9.86. The molecule has 0 bridgehead atoms. The van der Waals surface area contributed by atoms with E-state index >= 15 is 0 Å². The molecule has 1 heterocycles. The van der Waals surface area contributed by atoms with Gasteiger partial charge in [-0.1, -0.05) is 35.4 Å². The van der Waals surface area contributed by atoms with E-state index in [1.54, 1.807) is 0 Å². The van der Waals surface area contributed by atoms with Crippen LogP contribution in [-0.2, 0) is 4.74 Å². The molecule has 1 aliphatic heterocycles. The molecule has 1 saturated heterocycles. The van der Waals surface area contributed by atoms with Gasteiger partial charge in [0.1, 0.15) is 0 Å². The third-order valence-electron chi connectivity index (χ3n) is 2.72. The summed E-state index contributed by atoms with van der Waals surface area (Å²) in [7, 11) is 0. The zero-order chi connectivity index (χ0) is 7.03. The van der Waals surface area contributed by atoms with Crippen molar-refractivity contribution in [1.29, 1.82) is 0 Å². The highest BCUT2D eigenvalue weighted by Crippen LogP contribution is 2.44. The summed E-state index contributed by atoms with van der Waals surface area (Å²) < 4.78 is 6.19. The molecule has 10 heavy (non-hydrogen) atoms. The Morgan fingerprint density at radius 3 is 3.00 bits per heavy atom. The molecule has 0 aromatic heterocycles. The van der Waals surface area contributed by atoms with Crippen LogP contribution in [0, 0.1) is 0 Å². The van der Waals surface area contributed by atoms with Crippen LogP contribution < -0.4 is 0 Å². The minimum Gasteiger partial charge on any atom is -0.377 e. The van der Waals surface area contributed by atoms with Crippen LogP contribution in [0.2, 0.25) is 0 Å². The lowest BCUT2D eigenvalue weighted by Crippen LogP contribution is -2.34. The molecule has 2 rings (SSSR count). The third kappa shape index (κ3) is 1.09. The van der Waals surface area contributed by atoms with Crippen LogP contribution in [0.4, 0.5) is 0 Å². The van der Waals surface area contributed by atoms with Gasteiger partial charge in [-0.2, -0.15) is 0 Å². The van der Waals surface area contributed by atoms with Gasteiger partial charge in [0, 0.05) is 6.61 Å². The van der Waals surface area contributed by atoms with Crippen molar-refractivity contribution in [2.75, 3.05) is 6.61 Å². The molecule has 0 aromatic carbocycles. The molecule has 0 unspecified atom stereocenters. The largest absolute Gasteiger partial charge is 0.377 e. The van der Waals surface area contributed by atoms with Crippen molar-refractivity contribution in [2.45, 2.75) is 41.6 Å². The highest BCUT2D eigenvalue weighted by atomic mass is 127. The molecule has 2 atom stereocenters. The van der Waals surface area contributed by atoms with Crippen LogP contribution in [0.5, 0.6) is 0 Å². The van der Waals surface area contributed by atoms with E-state index in [1.807, 2.05) is 0 Å². The van der Waals surface area contributed by atoms with Crippen molar-refractivity contribution in [1.82, 2.24) is 0 Å². The Bertz CT molecular complexity index is 137. The molecule has 0 amide bonds. The van der Waals surface area contributed by atoms with Crippen LogP contribution in [0.1, 0.15) is 32.1 Å². The zero-order valence-corrected chi connectivity index (χ0v) is 8.26. The Morgan fingerprint density at radius 2 is 2.20 bits per heavy atom. The molecule has 0 spiro atoms. The summed E-state index contributed by atoms with van der Waals surface area (Å²) in [5.41, 5.74) is 0. The van der Waals surface area contributed by atoms with Crippen molar-refractivity contribution in [3.05, 3.63) is 0 Å². The molecule has 1 nitrogen and oxygen atoms in total. The summed E-state index contributed by atoms with van der Waals surface area (Å²) >= 11 is 2.62. The normalized spacial score (nSPS) is 47.1. The Morgan fingerprint density at radius 1 is 1.30 bits per heavy atom. The summed E-state index contributed by atoms with van der Waals surface area (Å²) in [5.74, 6) is 0. The molecular weight excluding hydrogens is 239 g/mol. The second-order valence-electron chi connectivity index (χ2n) is 3.39. The number of halogens is 1.